The summed E-state index contributed by atoms with van der Waals surface area (Å²) < 4.78 is 0. The van der Waals surface area contributed by atoms with Crippen LogP contribution in [0.2, 0.25) is 0 Å². The topological polar surface area (TPSA) is 44.0 Å². The number of hydrazine groups is 1. The summed E-state index contributed by atoms with van der Waals surface area (Å²) in [5.41, 5.74) is 4.63. The predicted octanol–water partition coefficient (Wildman–Crippen LogP) is 1.46. The number of piperidine rings is 1. The van der Waals surface area contributed by atoms with Gasteiger partial charge in [-0.2, -0.15) is 5.10 Å². The fraction of sp³-hybridized carbons (Fsp3) is 0.700. The average molecular weight is 194 g/mol. The second-order valence-electron chi connectivity index (χ2n) is 3.91. The van der Waals surface area contributed by atoms with Crippen LogP contribution in [0.15, 0.2) is 12.3 Å². The van der Waals surface area contributed by atoms with Crippen LogP contribution in [0.3, 0.4) is 0 Å². The van der Waals surface area contributed by atoms with Crippen LogP contribution in [0, 0.1) is 0 Å². The third kappa shape index (κ3) is 2.33. The molecule has 0 amide bonds. The molecule has 0 bridgehead atoms. The van der Waals surface area contributed by atoms with Crippen molar-refractivity contribution in [2.24, 2.45) is 0 Å². The molecule has 2 N–H and O–H groups in total. The van der Waals surface area contributed by atoms with E-state index >= 15 is 0 Å². The Morgan fingerprint density at radius 3 is 2.86 bits per heavy atom. The van der Waals surface area contributed by atoms with E-state index in [-0.39, 0.29) is 0 Å². The standard InChI is InChI=1S/C10H18N4/c1-9(10-5-6-11-12-10)13-14-7-3-2-4-8-14/h5-6,9,13H,2-4,7-8H2,1H3,(H,11,12). The lowest BCUT2D eigenvalue weighted by atomic mass is 10.1. The highest BCUT2D eigenvalue weighted by atomic mass is 15.5. The molecule has 4 nitrogen and oxygen atoms in total. The van der Waals surface area contributed by atoms with Crippen LogP contribution in [-0.2, 0) is 0 Å². The summed E-state index contributed by atoms with van der Waals surface area (Å²) in [4.78, 5) is 0. The molecule has 1 atom stereocenters. The van der Waals surface area contributed by atoms with Crippen molar-refractivity contribution < 1.29 is 0 Å². The van der Waals surface area contributed by atoms with Crippen LogP contribution in [0.25, 0.3) is 0 Å². The Morgan fingerprint density at radius 2 is 2.21 bits per heavy atom. The van der Waals surface area contributed by atoms with Gasteiger partial charge in [-0.05, 0) is 25.8 Å². The largest absolute Gasteiger partial charge is 0.281 e. The quantitative estimate of drug-likeness (QED) is 0.765. The van der Waals surface area contributed by atoms with E-state index in [0.29, 0.717) is 6.04 Å². The maximum atomic E-state index is 3.95. The molecule has 0 aromatic carbocycles. The highest BCUT2D eigenvalue weighted by Crippen LogP contribution is 2.12. The molecule has 1 fully saturated rings. The van der Waals surface area contributed by atoms with Gasteiger partial charge in [-0.1, -0.05) is 6.42 Å². The van der Waals surface area contributed by atoms with Gasteiger partial charge in [-0.25, -0.2) is 10.4 Å². The van der Waals surface area contributed by atoms with E-state index in [0.717, 1.165) is 5.69 Å². The van der Waals surface area contributed by atoms with Gasteiger partial charge >= 0.3 is 0 Å². The minimum Gasteiger partial charge on any atom is -0.281 e. The second-order valence-corrected chi connectivity index (χ2v) is 3.91. The van der Waals surface area contributed by atoms with Crippen LogP contribution in [-0.4, -0.2) is 28.3 Å². The van der Waals surface area contributed by atoms with Crippen molar-refractivity contribution in [3.8, 4) is 0 Å². The first-order chi connectivity index (χ1) is 6.86. The van der Waals surface area contributed by atoms with Gasteiger partial charge in [0.25, 0.3) is 0 Å². The predicted molar refractivity (Wildman–Crippen MR) is 55.6 cm³/mol. The highest BCUT2D eigenvalue weighted by molar-refractivity contribution is 5.02. The number of aromatic amines is 1. The number of rotatable bonds is 3. The van der Waals surface area contributed by atoms with Crippen molar-refractivity contribution in [1.82, 2.24) is 20.6 Å². The molecule has 0 saturated carbocycles. The van der Waals surface area contributed by atoms with Gasteiger partial charge in [0.15, 0.2) is 0 Å². The number of nitrogens with zero attached hydrogens (tertiary/aromatic N) is 2. The first-order valence-electron chi connectivity index (χ1n) is 5.36. The molecule has 1 aliphatic heterocycles. The highest BCUT2D eigenvalue weighted by Gasteiger charge is 2.13. The number of aromatic nitrogens is 2. The van der Waals surface area contributed by atoms with E-state index in [1.165, 1.54) is 32.4 Å². The summed E-state index contributed by atoms with van der Waals surface area (Å²) in [6.45, 7) is 4.49. The molecular formula is C10H18N4. The van der Waals surface area contributed by atoms with Crippen molar-refractivity contribution in [2.45, 2.75) is 32.2 Å². The Morgan fingerprint density at radius 1 is 1.43 bits per heavy atom. The monoisotopic (exact) mass is 194 g/mol. The van der Waals surface area contributed by atoms with E-state index in [2.05, 4.69) is 27.6 Å². The van der Waals surface area contributed by atoms with Gasteiger partial charge in [0, 0.05) is 19.3 Å². The summed E-state index contributed by atoms with van der Waals surface area (Å²) in [7, 11) is 0. The molecule has 78 valence electrons. The normalized spacial score (nSPS) is 20.9. The van der Waals surface area contributed by atoms with Gasteiger partial charge < -0.3 is 0 Å². The van der Waals surface area contributed by atoms with Crippen LogP contribution in [0.4, 0.5) is 0 Å². The van der Waals surface area contributed by atoms with E-state index in [1.54, 1.807) is 6.20 Å². The molecule has 0 spiro atoms. The molecule has 1 aromatic rings. The first-order valence-corrected chi connectivity index (χ1v) is 5.36. The fourth-order valence-corrected chi connectivity index (χ4v) is 1.87. The van der Waals surface area contributed by atoms with Gasteiger partial charge in [0.05, 0.1) is 11.7 Å². The lowest BCUT2D eigenvalue weighted by Gasteiger charge is -2.29. The third-order valence-corrected chi connectivity index (χ3v) is 2.72. The average Bonchev–Trinajstić information content (AvgIpc) is 2.72. The van der Waals surface area contributed by atoms with Crippen molar-refractivity contribution in [2.75, 3.05) is 13.1 Å². The van der Waals surface area contributed by atoms with Crippen molar-refractivity contribution in [1.29, 1.82) is 0 Å². The zero-order chi connectivity index (χ0) is 9.80. The zero-order valence-electron chi connectivity index (χ0n) is 8.66. The fourth-order valence-electron chi connectivity index (χ4n) is 1.87. The van der Waals surface area contributed by atoms with Gasteiger partial charge in [-0.15, -0.1) is 0 Å². The molecule has 1 saturated heterocycles. The zero-order valence-corrected chi connectivity index (χ0v) is 8.66. The maximum absolute atomic E-state index is 3.95. The Kier molecular flexibility index (Phi) is 3.16. The Balaban J connectivity index is 1.84. The summed E-state index contributed by atoms with van der Waals surface area (Å²) in [6.07, 6.45) is 5.78. The van der Waals surface area contributed by atoms with Gasteiger partial charge in [0.2, 0.25) is 0 Å². The molecule has 2 heterocycles. The lowest BCUT2D eigenvalue weighted by Crippen LogP contribution is -2.42. The Labute approximate surface area is 84.7 Å². The van der Waals surface area contributed by atoms with E-state index in [4.69, 9.17) is 0 Å². The van der Waals surface area contributed by atoms with E-state index < -0.39 is 0 Å². The van der Waals surface area contributed by atoms with Crippen LogP contribution in [0.5, 0.6) is 0 Å². The number of hydrogen-bond donors (Lipinski definition) is 2. The molecule has 2 rings (SSSR count). The van der Waals surface area contributed by atoms with Crippen LogP contribution in [0.1, 0.15) is 37.9 Å². The lowest BCUT2D eigenvalue weighted by molar-refractivity contribution is 0.132. The van der Waals surface area contributed by atoms with Crippen molar-refractivity contribution >= 4 is 0 Å². The molecule has 1 aliphatic rings. The number of hydrogen-bond acceptors (Lipinski definition) is 3. The molecule has 0 radical (unpaired) electrons. The number of H-pyrrole nitrogens is 1. The number of nitrogens with one attached hydrogen (secondary N) is 2. The first kappa shape index (κ1) is 9.68. The smallest absolute Gasteiger partial charge is 0.0603 e. The maximum Gasteiger partial charge on any atom is 0.0603 e. The van der Waals surface area contributed by atoms with Crippen molar-refractivity contribution in [3.05, 3.63) is 18.0 Å². The second kappa shape index (κ2) is 4.57. The molecule has 0 aliphatic carbocycles. The van der Waals surface area contributed by atoms with E-state index in [1.807, 2.05) is 6.07 Å². The van der Waals surface area contributed by atoms with Crippen LogP contribution >= 0.6 is 0 Å². The summed E-state index contributed by atoms with van der Waals surface area (Å²) in [5, 5.41) is 9.25. The molecule has 1 unspecified atom stereocenters. The summed E-state index contributed by atoms with van der Waals surface area (Å²) in [6, 6.07) is 2.34. The van der Waals surface area contributed by atoms with Crippen LogP contribution < -0.4 is 5.43 Å². The minimum atomic E-state index is 0.329. The van der Waals surface area contributed by atoms with Gasteiger partial charge in [-0.3, -0.25) is 5.10 Å². The molecular weight excluding hydrogens is 176 g/mol. The van der Waals surface area contributed by atoms with Crippen molar-refractivity contribution in [3.63, 3.8) is 0 Å². The minimum absolute atomic E-state index is 0.329. The Hall–Kier alpha value is -0.870. The molecule has 4 heteroatoms. The molecule has 1 aromatic heterocycles. The Bertz CT molecular complexity index is 251. The summed E-state index contributed by atoms with van der Waals surface area (Å²) >= 11 is 0. The SMILES string of the molecule is CC(NN1CCCCC1)c1ccn[nH]1. The third-order valence-electron chi connectivity index (χ3n) is 2.72. The molecule has 14 heavy (non-hydrogen) atoms. The van der Waals surface area contributed by atoms with Gasteiger partial charge in [0.1, 0.15) is 0 Å². The summed E-state index contributed by atoms with van der Waals surface area (Å²) in [5.74, 6) is 0. The van der Waals surface area contributed by atoms with E-state index in [9.17, 15) is 0 Å².